The Labute approximate surface area is 381 Å². The smallest absolute Gasteiger partial charge is 0.490 e. The molecule has 0 radical (unpaired) electrons. The summed E-state index contributed by atoms with van der Waals surface area (Å²) < 4.78 is 59.8. The standard InChI is InChI=1S/C41H35N6O18P3/c48-25-8-11-28-32(15-25)62-33-16-26(49)9-12-29(33)36(28)30-14-24(7-10-27(30)41(52)53)40(51)42-13-1-2-22-3-5-23(6-4-22)18-43-38-37-39(45-20-44-38)47(21-46-37)35-17-31(50)34(63-35)19-61-67(57,58)65-68(59,60)64-66(54,55)56/h3-12,14-16,20-21,31,34-35,48,50H,13,17-19H2,(H,42,51)(H,52,53)(H,57,58)(H,59,60)(H,43,44,45)(H2,54,55,56)/t31-,34+,35+/m0/s1. The molecule has 2 aliphatic heterocycles. The van der Waals surface area contributed by atoms with E-state index in [0.29, 0.717) is 39.1 Å². The number of phenolic OH excluding ortho intramolecular Hbond substituents is 1. The number of rotatable bonds is 15. The minimum Gasteiger partial charge on any atom is -0.508 e. The summed E-state index contributed by atoms with van der Waals surface area (Å²) in [6, 6.07) is 19.7. The molecule has 3 aliphatic rings. The van der Waals surface area contributed by atoms with Gasteiger partial charge in [0.1, 0.15) is 35.8 Å². The molecule has 1 aliphatic carbocycles. The third-order valence-corrected chi connectivity index (χ3v) is 13.9. The van der Waals surface area contributed by atoms with E-state index in [1.807, 2.05) is 12.1 Å². The van der Waals surface area contributed by atoms with Crippen molar-refractivity contribution >= 4 is 63.3 Å². The van der Waals surface area contributed by atoms with E-state index in [-0.39, 0.29) is 58.7 Å². The first-order chi connectivity index (χ1) is 32.2. The van der Waals surface area contributed by atoms with Crippen LogP contribution in [0.1, 0.15) is 44.5 Å². The molecule has 0 saturated carbocycles. The Balaban J connectivity index is 0.878. The molecule has 1 fully saturated rings. The molecule has 8 rings (SSSR count). The normalized spacial score (nSPS) is 17.9. The maximum atomic E-state index is 13.3. The van der Waals surface area contributed by atoms with Gasteiger partial charge in [0.15, 0.2) is 22.4 Å². The lowest BCUT2D eigenvalue weighted by atomic mass is 9.89. The number of carbonyl (C=O) groups excluding carboxylic acids is 1. The SMILES string of the molecule is O=C(NCC#Cc1ccc(CNc2ncnc3c2ncn3[C@H]2C[C@H](O)[C@@H](COP(=O)(O)OP(=O)(O)OP(=O)(O)O)O2)cc1)c1ccc(C(=O)O)c(-c2c3ccc(=O)cc-3oc3cc(O)ccc23)c1. The summed E-state index contributed by atoms with van der Waals surface area (Å²) in [6.07, 6.45) is -0.910. The van der Waals surface area contributed by atoms with Crippen LogP contribution in [0.25, 0.3) is 44.6 Å². The highest BCUT2D eigenvalue weighted by Crippen LogP contribution is 2.66. The van der Waals surface area contributed by atoms with Crippen molar-refractivity contribution in [1.29, 1.82) is 0 Å². The van der Waals surface area contributed by atoms with Crippen LogP contribution in [0.2, 0.25) is 0 Å². The lowest BCUT2D eigenvalue weighted by Crippen LogP contribution is -2.26. The lowest BCUT2D eigenvalue weighted by Gasteiger charge is -2.19. The van der Waals surface area contributed by atoms with Gasteiger partial charge in [-0.3, -0.25) is 18.7 Å². The number of phosphoric ester groups is 1. The number of aromatic hydroxyl groups is 1. The fourth-order valence-corrected chi connectivity index (χ4v) is 10.2. The zero-order valence-electron chi connectivity index (χ0n) is 34.5. The van der Waals surface area contributed by atoms with Gasteiger partial charge in [-0.1, -0.05) is 24.0 Å². The van der Waals surface area contributed by atoms with Gasteiger partial charge in [0.2, 0.25) is 0 Å². The molecule has 1 amide bonds. The van der Waals surface area contributed by atoms with Crippen LogP contribution in [0.15, 0.2) is 101 Å². The van der Waals surface area contributed by atoms with E-state index >= 15 is 0 Å². The van der Waals surface area contributed by atoms with Gasteiger partial charge in [0.05, 0.1) is 31.1 Å². The average Bonchev–Trinajstić information content (AvgIpc) is 3.87. The molecule has 2 unspecified atom stereocenters. The highest BCUT2D eigenvalue weighted by atomic mass is 31.3. The van der Waals surface area contributed by atoms with E-state index in [4.69, 9.17) is 18.9 Å². The Kier molecular flexibility index (Phi) is 13.5. The average molecular weight is 993 g/mol. The molecular formula is C41H35N6O18P3. The van der Waals surface area contributed by atoms with Crippen molar-refractivity contribution in [3.8, 4) is 40.0 Å². The van der Waals surface area contributed by atoms with E-state index in [0.717, 1.165) is 5.56 Å². The van der Waals surface area contributed by atoms with Crippen LogP contribution in [0, 0.1) is 11.8 Å². The van der Waals surface area contributed by atoms with Gasteiger partial charge in [-0.15, -0.1) is 0 Å². The van der Waals surface area contributed by atoms with E-state index < -0.39 is 60.4 Å². The predicted molar refractivity (Wildman–Crippen MR) is 236 cm³/mol. The van der Waals surface area contributed by atoms with E-state index in [1.54, 1.807) is 18.2 Å². The van der Waals surface area contributed by atoms with Gasteiger partial charge in [-0.05, 0) is 65.7 Å². The quantitative estimate of drug-likeness (QED) is 0.0388. The number of hydrogen-bond acceptors (Lipinski definition) is 17. The third kappa shape index (κ3) is 11.0. The Bertz CT molecular complexity index is 3350. The number of hydrogen-bond donors (Lipinski definition) is 9. The Hall–Kier alpha value is -6.67. The highest BCUT2D eigenvalue weighted by Gasteiger charge is 2.43. The van der Waals surface area contributed by atoms with Crippen LogP contribution < -0.4 is 16.1 Å². The number of imidazole rings is 1. The van der Waals surface area contributed by atoms with Gasteiger partial charge in [0.25, 0.3) is 5.91 Å². The van der Waals surface area contributed by atoms with Crippen molar-refractivity contribution in [2.75, 3.05) is 18.5 Å². The largest absolute Gasteiger partial charge is 0.508 e. The molecule has 0 bridgehead atoms. The first-order valence-electron chi connectivity index (χ1n) is 19.7. The molecule has 9 N–H and O–H groups in total. The molecule has 27 heteroatoms. The summed E-state index contributed by atoms with van der Waals surface area (Å²) in [5.41, 5.74) is 2.99. The number of benzene rings is 4. The number of phosphoric acid groups is 3. The van der Waals surface area contributed by atoms with Gasteiger partial charge >= 0.3 is 29.4 Å². The summed E-state index contributed by atoms with van der Waals surface area (Å²) in [7, 11) is -16.8. The van der Waals surface area contributed by atoms with Crippen molar-refractivity contribution in [1.82, 2.24) is 24.8 Å². The maximum Gasteiger partial charge on any atom is 0.490 e. The lowest BCUT2D eigenvalue weighted by molar-refractivity contribution is -0.0423. The monoisotopic (exact) mass is 992 g/mol. The first-order valence-corrected chi connectivity index (χ1v) is 24.2. The van der Waals surface area contributed by atoms with Crippen LogP contribution in [-0.2, 0) is 38.1 Å². The number of fused-ring (bicyclic) bond motifs is 3. The molecule has 2 aromatic heterocycles. The first kappa shape index (κ1) is 47.8. The number of carbonyl (C=O) groups is 2. The summed E-state index contributed by atoms with van der Waals surface area (Å²) in [5, 5.41) is 37.2. The molecule has 68 heavy (non-hydrogen) atoms. The Morgan fingerprint density at radius 1 is 0.897 bits per heavy atom. The maximum absolute atomic E-state index is 13.3. The number of aromatic nitrogens is 4. The number of phenols is 1. The zero-order chi connectivity index (χ0) is 48.5. The van der Waals surface area contributed by atoms with E-state index in [2.05, 4.69) is 50.6 Å². The van der Waals surface area contributed by atoms with Crippen molar-refractivity contribution in [3.63, 3.8) is 0 Å². The fourth-order valence-electron chi connectivity index (χ4n) is 7.19. The van der Waals surface area contributed by atoms with E-state index in [9.17, 15) is 53.2 Å². The second kappa shape index (κ2) is 19.1. The second-order valence-corrected chi connectivity index (χ2v) is 19.2. The number of aliphatic hydroxyl groups excluding tert-OH is 1. The number of aliphatic hydroxyl groups is 1. The molecular weight excluding hydrogens is 957 g/mol. The van der Waals surface area contributed by atoms with Gasteiger partial charge in [-0.2, -0.15) is 8.62 Å². The minimum atomic E-state index is -5.74. The van der Waals surface area contributed by atoms with Crippen molar-refractivity contribution < 1.29 is 80.5 Å². The number of nitrogens with one attached hydrogen (secondary N) is 2. The number of amides is 1. The Morgan fingerprint density at radius 2 is 1.68 bits per heavy atom. The topological polar surface area (TPSA) is 362 Å². The van der Waals surface area contributed by atoms with Crippen molar-refractivity contribution in [3.05, 3.63) is 124 Å². The number of carboxylic acid groups (broad SMARTS) is 1. The van der Waals surface area contributed by atoms with Crippen LogP contribution in [0.5, 0.6) is 5.75 Å². The van der Waals surface area contributed by atoms with Crippen molar-refractivity contribution in [2.24, 2.45) is 0 Å². The van der Waals surface area contributed by atoms with Gasteiger partial charge in [0, 0.05) is 52.7 Å². The molecule has 4 heterocycles. The highest BCUT2D eigenvalue weighted by molar-refractivity contribution is 7.66. The fraction of sp³-hybridized carbons (Fsp3) is 0.171. The van der Waals surface area contributed by atoms with Gasteiger partial charge in [-0.25, -0.2) is 33.4 Å². The number of nitrogens with zero attached hydrogens (tertiary/aromatic N) is 4. The van der Waals surface area contributed by atoms with E-state index in [1.165, 1.54) is 65.8 Å². The molecule has 0 spiro atoms. The molecule has 5 atom stereocenters. The third-order valence-electron chi connectivity index (χ3n) is 10.1. The number of anilines is 1. The molecule has 3 aromatic carbocycles. The van der Waals surface area contributed by atoms with Crippen LogP contribution in [0.4, 0.5) is 5.82 Å². The van der Waals surface area contributed by atoms with Gasteiger partial charge < -0.3 is 54.7 Å². The summed E-state index contributed by atoms with van der Waals surface area (Å²) >= 11 is 0. The number of ether oxygens (including phenoxy) is 1. The summed E-state index contributed by atoms with van der Waals surface area (Å²) in [4.78, 5) is 87.4. The molecule has 352 valence electrons. The Morgan fingerprint density at radius 3 is 2.43 bits per heavy atom. The molecule has 1 saturated heterocycles. The predicted octanol–water partition coefficient (Wildman–Crippen LogP) is 4.49. The molecule has 24 nitrogen and oxygen atoms in total. The number of aromatic carboxylic acids is 1. The summed E-state index contributed by atoms with van der Waals surface area (Å²) in [5.74, 6) is 4.51. The molecule has 5 aromatic rings. The van der Waals surface area contributed by atoms with Crippen LogP contribution in [0.3, 0.4) is 0 Å². The number of carboxylic acids is 1. The summed E-state index contributed by atoms with van der Waals surface area (Å²) in [6.45, 7) is -0.614. The second-order valence-electron chi connectivity index (χ2n) is 14.8. The minimum absolute atomic E-state index is 0.0519. The zero-order valence-corrected chi connectivity index (χ0v) is 37.2. The van der Waals surface area contributed by atoms with Crippen LogP contribution >= 0.6 is 23.5 Å². The van der Waals surface area contributed by atoms with Crippen LogP contribution in [-0.4, -0.2) is 91.6 Å². The van der Waals surface area contributed by atoms with Crippen molar-refractivity contribution in [2.45, 2.75) is 31.4 Å².